The zero-order valence-electron chi connectivity index (χ0n) is 19.4. The molecule has 0 aromatic heterocycles. The van der Waals surface area contributed by atoms with E-state index in [-0.39, 0.29) is 11.5 Å². The molecule has 3 heteroatoms. The van der Waals surface area contributed by atoms with Gasteiger partial charge in [-0.15, -0.1) is 0 Å². The molecule has 4 rings (SSSR count). The number of carbonyl (C=O) groups is 1. The van der Waals surface area contributed by atoms with Gasteiger partial charge in [-0.2, -0.15) is 0 Å². The fourth-order valence-electron chi connectivity index (χ4n) is 7.98. The monoisotopic (exact) mass is 414 g/mol. The fraction of sp³-hybridized carbons (Fsp3) is 0.815. The van der Waals surface area contributed by atoms with Crippen LogP contribution in [0.5, 0.6) is 0 Å². The van der Waals surface area contributed by atoms with Crippen LogP contribution in [0.15, 0.2) is 23.8 Å². The van der Waals surface area contributed by atoms with Gasteiger partial charge in [0.2, 0.25) is 0 Å². The number of aliphatic hydroxyl groups excluding tert-OH is 1. The molecule has 3 saturated carbocycles. The number of aliphatic carboxylic acids is 1. The first kappa shape index (κ1) is 22.1. The number of carboxylic acid groups (broad SMARTS) is 1. The Bertz CT molecular complexity index is 722. The maximum absolute atomic E-state index is 12.0. The third-order valence-corrected chi connectivity index (χ3v) is 9.90. The largest absolute Gasteiger partial charge is 0.481 e. The van der Waals surface area contributed by atoms with E-state index in [0.717, 1.165) is 49.5 Å². The van der Waals surface area contributed by atoms with Gasteiger partial charge in [0.05, 0.1) is 12.0 Å². The molecular weight excluding hydrogens is 372 g/mol. The van der Waals surface area contributed by atoms with E-state index in [9.17, 15) is 15.0 Å². The van der Waals surface area contributed by atoms with Crippen molar-refractivity contribution in [3.05, 3.63) is 23.8 Å². The van der Waals surface area contributed by atoms with Gasteiger partial charge in [0.25, 0.3) is 0 Å². The molecule has 0 unspecified atom stereocenters. The number of hydrogen-bond donors (Lipinski definition) is 2. The molecule has 30 heavy (non-hydrogen) atoms. The number of hydrogen-bond acceptors (Lipinski definition) is 2. The van der Waals surface area contributed by atoms with E-state index in [1.54, 1.807) is 0 Å². The number of rotatable bonds is 5. The molecule has 3 nitrogen and oxygen atoms in total. The second kappa shape index (κ2) is 8.11. The van der Waals surface area contributed by atoms with Crippen LogP contribution in [0.2, 0.25) is 0 Å². The Kier molecular flexibility index (Phi) is 5.98. The van der Waals surface area contributed by atoms with Crippen molar-refractivity contribution in [2.24, 2.45) is 46.3 Å². The smallest absolute Gasteiger partial charge is 0.314 e. The summed E-state index contributed by atoms with van der Waals surface area (Å²) in [6, 6.07) is 0. The first-order valence-corrected chi connectivity index (χ1v) is 12.4. The number of aliphatic hydroxyl groups is 1. The zero-order valence-corrected chi connectivity index (χ0v) is 19.4. The topological polar surface area (TPSA) is 57.5 Å². The predicted molar refractivity (Wildman–Crippen MR) is 121 cm³/mol. The maximum Gasteiger partial charge on any atom is 0.314 e. The number of allylic oxidation sites excluding steroid dienone is 2. The Morgan fingerprint density at radius 3 is 2.57 bits per heavy atom. The number of fused-ring (bicyclic) bond motifs is 5. The van der Waals surface area contributed by atoms with Crippen molar-refractivity contribution in [2.75, 3.05) is 0 Å². The van der Waals surface area contributed by atoms with Gasteiger partial charge in [0, 0.05) is 0 Å². The van der Waals surface area contributed by atoms with Gasteiger partial charge in [0.1, 0.15) is 0 Å². The Morgan fingerprint density at radius 2 is 1.87 bits per heavy atom. The summed E-state index contributed by atoms with van der Waals surface area (Å²) in [5.74, 6) is 2.17. The van der Waals surface area contributed by atoms with Gasteiger partial charge in [-0.05, 0) is 98.2 Å². The Morgan fingerprint density at radius 1 is 1.13 bits per heavy atom. The summed E-state index contributed by atoms with van der Waals surface area (Å²) < 4.78 is 0. The van der Waals surface area contributed by atoms with E-state index in [2.05, 4.69) is 39.8 Å². The van der Waals surface area contributed by atoms with Crippen LogP contribution in [0.1, 0.15) is 85.5 Å². The molecule has 0 amide bonds. The first-order valence-electron chi connectivity index (χ1n) is 12.4. The highest BCUT2D eigenvalue weighted by Crippen LogP contribution is 2.66. The Balaban J connectivity index is 1.54. The third kappa shape index (κ3) is 3.59. The molecule has 0 spiro atoms. The quantitative estimate of drug-likeness (QED) is 0.524. The summed E-state index contributed by atoms with van der Waals surface area (Å²) in [6.07, 6.45) is 16.2. The summed E-state index contributed by atoms with van der Waals surface area (Å²) in [5.41, 5.74) is 1.57. The van der Waals surface area contributed by atoms with E-state index in [4.69, 9.17) is 0 Å². The van der Waals surface area contributed by atoms with Gasteiger partial charge in [0.15, 0.2) is 0 Å². The third-order valence-electron chi connectivity index (χ3n) is 9.90. The normalized spacial score (nSPS) is 44.3. The van der Waals surface area contributed by atoms with E-state index in [1.165, 1.54) is 25.7 Å². The maximum atomic E-state index is 12.0. The van der Waals surface area contributed by atoms with Crippen LogP contribution in [0, 0.1) is 46.3 Å². The molecular formula is C27H42O3. The van der Waals surface area contributed by atoms with Gasteiger partial charge in [-0.1, -0.05) is 51.5 Å². The van der Waals surface area contributed by atoms with Crippen LogP contribution in [-0.2, 0) is 4.79 Å². The molecule has 0 aromatic carbocycles. The highest BCUT2D eigenvalue weighted by Gasteiger charge is 2.59. The van der Waals surface area contributed by atoms with E-state index >= 15 is 0 Å². The molecule has 0 heterocycles. The van der Waals surface area contributed by atoms with Crippen LogP contribution < -0.4 is 0 Å². The van der Waals surface area contributed by atoms with Crippen LogP contribution in [0.25, 0.3) is 0 Å². The lowest BCUT2D eigenvalue weighted by atomic mass is 9.45. The average molecular weight is 415 g/mol. The predicted octanol–water partition coefficient (Wildman–Crippen LogP) is 6.23. The van der Waals surface area contributed by atoms with Gasteiger partial charge < -0.3 is 10.2 Å². The molecule has 2 N–H and O–H groups in total. The van der Waals surface area contributed by atoms with Gasteiger partial charge >= 0.3 is 5.97 Å². The van der Waals surface area contributed by atoms with Crippen molar-refractivity contribution < 1.29 is 15.0 Å². The molecule has 8 atom stereocenters. The van der Waals surface area contributed by atoms with Crippen molar-refractivity contribution in [1.82, 2.24) is 0 Å². The van der Waals surface area contributed by atoms with E-state index < -0.39 is 11.9 Å². The molecule has 0 bridgehead atoms. The van der Waals surface area contributed by atoms with Crippen molar-refractivity contribution in [3.63, 3.8) is 0 Å². The second-order valence-electron chi connectivity index (χ2n) is 11.9. The number of carboxylic acids is 1. The molecule has 4 aliphatic rings. The summed E-state index contributed by atoms with van der Waals surface area (Å²) in [4.78, 5) is 12.0. The van der Waals surface area contributed by atoms with Gasteiger partial charge in [-0.25, -0.2) is 0 Å². The first-order chi connectivity index (χ1) is 14.2. The lowest BCUT2D eigenvalue weighted by Crippen LogP contribution is -2.53. The molecule has 3 fully saturated rings. The highest BCUT2D eigenvalue weighted by atomic mass is 16.4. The summed E-state index contributed by atoms with van der Waals surface area (Å²) >= 11 is 0. The molecule has 0 aromatic rings. The summed E-state index contributed by atoms with van der Waals surface area (Å²) in [6.45, 7) is 9.19. The average Bonchev–Trinajstić information content (AvgIpc) is 2.99. The van der Waals surface area contributed by atoms with Crippen LogP contribution in [0.3, 0.4) is 0 Å². The lowest BCUT2D eigenvalue weighted by Gasteiger charge is -2.60. The molecule has 168 valence electrons. The van der Waals surface area contributed by atoms with Crippen molar-refractivity contribution in [2.45, 2.75) is 91.6 Å². The van der Waals surface area contributed by atoms with Crippen LogP contribution >= 0.6 is 0 Å². The van der Waals surface area contributed by atoms with Crippen LogP contribution in [-0.4, -0.2) is 22.3 Å². The van der Waals surface area contributed by atoms with E-state index in [1.807, 2.05) is 6.08 Å². The molecule has 0 saturated heterocycles. The lowest BCUT2D eigenvalue weighted by molar-refractivity contribution is -0.139. The molecule has 0 radical (unpaired) electrons. The Hall–Kier alpha value is -1.09. The summed E-state index contributed by atoms with van der Waals surface area (Å²) in [5, 5.41) is 20.5. The summed E-state index contributed by atoms with van der Waals surface area (Å²) in [7, 11) is 0. The minimum Gasteiger partial charge on any atom is -0.481 e. The van der Waals surface area contributed by atoms with Crippen molar-refractivity contribution in [3.8, 4) is 0 Å². The van der Waals surface area contributed by atoms with Crippen LogP contribution in [0.4, 0.5) is 0 Å². The van der Waals surface area contributed by atoms with Crippen molar-refractivity contribution in [1.29, 1.82) is 0 Å². The second-order valence-corrected chi connectivity index (χ2v) is 11.9. The minimum absolute atomic E-state index is 0.110. The Labute approximate surface area is 183 Å². The minimum atomic E-state index is -0.702. The van der Waals surface area contributed by atoms with Crippen molar-refractivity contribution >= 4 is 5.97 Å². The zero-order chi connectivity index (χ0) is 21.7. The standard InChI is InChI=1S/C27H42O3/c1-17(2)6-5-7-20(25(29)30)18-12-14-26(3)19(16-18)8-9-21-22-10-11-24(28)27(22,4)15-13-23(21)26/h5,7,12,17,19-24,28H,6,8-11,13-16H2,1-4H3,(H,29,30)/b7-5-/t19-,20-,21-,22-,23-,24-,26-,27-/m0/s1. The van der Waals surface area contributed by atoms with E-state index in [0.29, 0.717) is 23.2 Å². The molecule has 0 aliphatic heterocycles. The fourth-order valence-corrected chi connectivity index (χ4v) is 7.98. The SMILES string of the molecule is CC(C)C/C=C\[C@H](C(=O)O)C1=CC[C@@]2(C)[C@@H](CC[C@@H]3[C@@H]2CC[C@]2(C)[C@@H](O)CC[C@@H]32)C1. The highest BCUT2D eigenvalue weighted by molar-refractivity contribution is 5.76. The molecule has 4 aliphatic carbocycles. The van der Waals surface area contributed by atoms with Gasteiger partial charge in [-0.3, -0.25) is 4.79 Å².